The Hall–Kier alpha value is -2.07. The molecule has 1 N–H and O–H groups in total. The van der Waals surface area contributed by atoms with Crippen molar-refractivity contribution >= 4 is 23.3 Å². The molecule has 0 fully saturated rings. The lowest BCUT2D eigenvalue weighted by Gasteiger charge is -2.10. The smallest absolute Gasteiger partial charge is 0.266 e. The summed E-state index contributed by atoms with van der Waals surface area (Å²) in [4.78, 5) is 16.1. The monoisotopic (exact) mass is 274 g/mol. The van der Waals surface area contributed by atoms with Crippen LogP contribution in [0.5, 0.6) is 5.75 Å². The molecule has 2 heterocycles. The summed E-state index contributed by atoms with van der Waals surface area (Å²) in [5.41, 5.74) is 1.04. The van der Waals surface area contributed by atoms with E-state index in [-0.39, 0.29) is 5.91 Å². The number of carbonyl (C=O) groups excluding carboxylic acids is 1. The van der Waals surface area contributed by atoms with Gasteiger partial charge in [-0.1, -0.05) is 29.8 Å². The van der Waals surface area contributed by atoms with E-state index in [9.17, 15) is 4.79 Å². The minimum atomic E-state index is -0.516. The summed E-state index contributed by atoms with van der Waals surface area (Å²) in [7, 11) is 0. The predicted octanol–water partition coefficient (Wildman–Crippen LogP) is 2.68. The SMILES string of the molecule is O=C(Nc1cc(Cl)ccn1)C1Cc2ccccc2O1. The van der Waals surface area contributed by atoms with E-state index in [1.54, 1.807) is 18.3 Å². The van der Waals surface area contributed by atoms with Crippen LogP contribution < -0.4 is 10.1 Å². The fraction of sp³-hybridized carbons (Fsp3) is 0.143. The Kier molecular flexibility index (Phi) is 3.09. The number of hydrogen-bond acceptors (Lipinski definition) is 3. The minimum Gasteiger partial charge on any atom is -0.480 e. The molecule has 0 spiro atoms. The van der Waals surface area contributed by atoms with Gasteiger partial charge in [0, 0.05) is 17.6 Å². The van der Waals surface area contributed by atoms with Gasteiger partial charge in [-0.25, -0.2) is 4.98 Å². The standard InChI is InChI=1S/C14H11ClN2O2/c15-10-5-6-16-13(8-10)17-14(18)12-7-9-3-1-2-4-11(9)19-12/h1-6,8,12H,7H2,(H,16,17,18). The van der Waals surface area contributed by atoms with Gasteiger partial charge in [-0.05, 0) is 23.8 Å². The Morgan fingerprint density at radius 1 is 1.37 bits per heavy atom. The molecular weight excluding hydrogens is 264 g/mol. The van der Waals surface area contributed by atoms with Gasteiger partial charge in [0.2, 0.25) is 0 Å². The van der Waals surface area contributed by atoms with Crippen LogP contribution >= 0.6 is 11.6 Å². The summed E-state index contributed by atoms with van der Waals surface area (Å²) in [6.07, 6.45) is 1.60. The van der Waals surface area contributed by atoms with Gasteiger partial charge in [0.1, 0.15) is 11.6 Å². The number of carbonyl (C=O) groups is 1. The van der Waals surface area contributed by atoms with Crippen molar-refractivity contribution in [2.45, 2.75) is 12.5 Å². The van der Waals surface area contributed by atoms with Crippen LogP contribution in [0.2, 0.25) is 5.02 Å². The molecule has 5 heteroatoms. The van der Waals surface area contributed by atoms with Crippen molar-refractivity contribution in [2.75, 3.05) is 5.32 Å². The van der Waals surface area contributed by atoms with E-state index in [0.29, 0.717) is 17.3 Å². The number of ether oxygens (including phenoxy) is 1. The highest BCUT2D eigenvalue weighted by molar-refractivity contribution is 6.30. The highest BCUT2D eigenvalue weighted by atomic mass is 35.5. The molecule has 0 bridgehead atoms. The second-order valence-corrected chi connectivity index (χ2v) is 4.70. The summed E-state index contributed by atoms with van der Waals surface area (Å²) in [5.74, 6) is 0.977. The Morgan fingerprint density at radius 3 is 3.00 bits per heavy atom. The van der Waals surface area contributed by atoms with Gasteiger partial charge in [-0.15, -0.1) is 0 Å². The van der Waals surface area contributed by atoms with Gasteiger partial charge in [0.25, 0.3) is 5.91 Å². The van der Waals surface area contributed by atoms with Crippen molar-refractivity contribution in [2.24, 2.45) is 0 Å². The molecule has 1 unspecified atom stereocenters. The van der Waals surface area contributed by atoms with Gasteiger partial charge in [-0.3, -0.25) is 4.79 Å². The molecule has 1 aromatic heterocycles. The number of rotatable bonds is 2. The molecule has 2 aromatic rings. The molecule has 0 radical (unpaired) electrons. The molecule has 1 aliphatic rings. The number of nitrogens with one attached hydrogen (secondary N) is 1. The first-order valence-corrected chi connectivity index (χ1v) is 6.27. The average molecular weight is 275 g/mol. The summed E-state index contributed by atoms with van der Waals surface area (Å²) in [6, 6.07) is 10.9. The molecule has 0 saturated heterocycles. The van der Waals surface area contributed by atoms with Gasteiger partial charge in [0.05, 0.1) is 0 Å². The summed E-state index contributed by atoms with van der Waals surface area (Å²) in [6.45, 7) is 0. The zero-order chi connectivity index (χ0) is 13.2. The third kappa shape index (κ3) is 2.53. The molecule has 4 nitrogen and oxygen atoms in total. The highest BCUT2D eigenvalue weighted by Gasteiger charge is 2.28. The van der Waals surface area contributed by atoms with Crippen LogP contribution in [0.1, 0.15) is 5.56 Å². The molecule has 0 aliphatic carbocycles. The Labute approximate surface area is 115 Å². The van der Waals surface area contributed by atoms with E-state index >= 15 is 0 Å². The van der Waals surface area contributed by atoms with Crippen LogP contribution in [0.4, 0.5) is 5.82 Å². The fourth-order valence-electron chi connectivity index (χ4n) is 2.01. The third-order valence-electron chi connectivity index (χ3n) is 2.91. The number of anilines is 1. The lowest BCUT2D eigenvalue weighted by molar-refractivity contribution is -0.122. The maximum atomic E-state index is 12.1. The summed E-state index contributed by atoms with van der Waals surface area (Å²) < 4.78 is 5.60. The number of aromatic nitrogens is 1. The largest absolute Gasteiger partial charge is 0.480 e. The van der Waals surface area contributed by atoms with Crippen molar-refractivity contribution in [1.82, 2.24) is 4.98 Å². The number of amides is 1. The molecule has 96 valence electrons. The Morgan fingerprint density at radius 2 is 2.21 bits per heavy atom. The molecule has 1 atom stereocenters. The van der Waals surface area contributed by atoms with Gasteiger partial charge in [0.15, 0.2) is 6.10 Å². The molecule has 19 heavy (non-hydrogen) atoms. The van der Waals surface area contributed by atoms with E-state index in [0.717, 1.165) is 11.3 Å². The fourth-order valence-corrected chi connectivity index (χ4v) is 2.17. The van der Waals surface area contributed by atoms with Crippen molar-refractivity contribution in [1.29, 1.82) is 0 Å². The van der Waals surface area contributed by atoms with Crippen LogP contribution in [-0.2, 0) is 11.2 Å². The van der Waals surface area contributed by atoms with E-state index in [2.05, 4.69) is 10.3 Å². The summed E-state index contributed by atoms with van der Waals surface area (Å²) in [5, 5.41) is 3.23. The number of pyridine rings is 1. The Bertz CT molecular complexity index is 605. The van der Waals surface area contributed by atoms with E-state index in [4.69, 9.17) is 16.3 Å². The second kappa shape index (κ2) is 4.90. The number of benzene rings is 1. The van der Waals surface area contributed by atoms with Crippen molar-refractivity contribution in [3.05, 3.63) is 53.2 Å². The molecule has 1 amide bonds. The zero-order valence-corrected chi connectivity index (χ0v) is 10.7. The first-order chi connectivity index (χ1) is 9.22. The van der Waals surface area contributed by atoms with Crippen molar-refractivity contribution in [3.63, 3.8) is 0 Å². The molecule has 1 aromatic carbocycles. The van der Waals surface area contributed by atoms with Crippen LogP contribution in [0.3, 0.4) is 0 Å². The number of para-hydroxylation sites is 1. The predicted molar refractivity (Wildman–Crippen MR) is 72.4 cm³/mol. The normalized spacial score (nSPS) is 16.6. The maximum absolute atomic E-state index is 12.1. The topological polar surface area (TPSA) is 51.2 Å². The molecule has 3 rings (SSSR count). The van der Waals surface area contributed by atoms with Gasteiger partial charge >= 0.3 is 0 Å². The highest BCUT2D eigenvalue weighted by Crippen LogP contribution is 2.28. The van der Waals surface area contributed by atoms with Crippen molar-refractivity contribution in [3.8, 4) is 5.75 Å². The number of fused-ring (bicyclic) bond motifs is 1. The van der Waals surface area contributed by atoms with E-state index in [1.165, 1.54) is 0 Å². The van der Waals surface area contributed by atoms with E-state index < -0.39 is 6.10 Å². The van der Waals surface area contributed by atoms with Crippen LogP contribution in [-0.4, -0.2) is 17.0 Å². The number of nitrogens with zero attached hydrogens (tertiary/aromatic N) is 1. The van der Waals surface area contributed by atoms with E-state index in [1.807, 2.05) is 24.3 Å². The second-order valence-electron chi connectivity index (χ2n) is 4.27. The summed E-state index contributed by atoms with van der Waals surface area (Å²) >= 11 is 5.84. The maximum Gasteiger partial charge on any atom is 0.266 e. The third-order valence-corrected chi connectivity index (χ3v) is 3.15. The molecular formula is C14H11ClN2O2. The minimum absolute atomic E-state index is 0.217. The molecule has 1 aliphatic heterocycles. The number of halogens is 1. The van der Waals surface area contributed by atoms with Gasteiger partial charge < -0.3 is 10.1 Å². The quantitative estimate of drug-likeness (QED) is 0.916. The molecule has 0 saturated carbocycles. The zero-order valence-electron chi connectivity index (χ0n) is 9.97. The number of hydrogen-bond donors (Lipinski definition) is 1. The van der Waals surface area contributed by atoms with Crippen LogP contribution in [0.25, 0.3) is 0 Å². The first kappa shape index (κ1) is 12.0. The van der Waals surface area contributed by atoms with Crippen LogP contribution in [0.15, 0.2) is 42.6 Å². The van der Waals surface area contributed by atoms with Gasteiger partial charge in [-0.2, -0.15) is 0 Å². The van der Waals surface area contributed by atoms with Crippen LogP contribution in [0, 0.1) is 0 Å². The lowest BCUT2D eigenvalue weighted by atomic mass is 10.1. The Balaban J connectivity index is 1.70. The lowest BCUT2D eigenvalue weighted by Crippen LogP contribution is -2.31. The first-order valence-electron chi connectivity index (χ1n) is 5.89. The average Bonchev–Trinajstić information content (AvgIpc) is 2.82. The van der Waals surface area contributed by atoms with Crippen molar-refractivity contribution < 1.29 is 9.53 Å².